The molecule has 1 aromatic carbocycles. The Morgan fingerprint density at radius 1 is 1.30 bits per heavy atom. The average Bonchev–Trinajstić information content (AvgIpc) is 2.98. The molecule has 0 saturated heterocycles. The van der Waals surface area contributed by atoms with Crippen LogP contribution in [0.3, 0.4) is 0 Å². The van der Waals surface area contributed by atoms with Gasteiger partial charge in [0.2, 0.25) is 5.82 Å². The number of carbonyl (C=O) groups is 1. The molecule has 2 N–H and O–H groups in total. The van der Waals surface area contributed by atoms with E-state index in [9.17, 15) is 9.90 Å². The summed E-state index contributed by atoms with van der Waals surface area (Å²) in [4.78, 5) is 20.0. The van der Waals surface area contributed by atoms with Gasteiger partial charge in [-0.05, 0) is 24.6 Å². The van der Waals surface area contributed by atoms with Crippen LogP contribution in [0.2, 0.25) is 0 Å². The van der Waals surface area contributed by atoms with Gasteiger partial charge in [0.25, 0.3) is 0 Å². The van der Waals surface area contributed by atoms with Crippen LogP contribution < -0.4 is 15.2 Å². The van der Waals surface area contributed by atoms with E-state index < -0.39 is 5.97 Å². The molecular weight excluding hydrogens is 314 g/mol. The highest BCUT2D eigenvalue weighted by Crippen LogP contribution is 2.35. The first-order chi connectivity index (χ1) is 11.2. The van der Waals surface area contributed by atoms with E-state index in [0.717, 1.165) is 27.1 Å². The number of carbonyl (C=O) groups excluding carboxylic acids is 1. The van der Waals surface area contributed by atoms with E-state index in [-0.39, 0.29) is 6.54 Å². The summed E-state index contributed by atoms with van der Waals surface area (Å²) in [5.74, 6) is 0.301. The molecule has 7 heteroatoms. The average molecular weight is 329 g/mol. The van der Waals surface area contributed by atoms with Gasteiger partial charge in [-0.25, -0.2) is 4.98 Å². The van der Waals surface area contributed by atoms with E-state index in [1.807, 2.05) is 36.6 Å². The minimum absolute atomic E-state index is 0.176. The number of nitrogens with two attached hydrogens (primary N) is 1. The number of nitrogens with zero attached hydrogens (tertiary/aromatic N) is 2. The van der Waals surface area contributed by atoms with Crippen molar-refractivity contribution in [2.75, 3.05) is 13.2 Å². The summed E-state index contributed by atoms with van der Waals surface area (Å²) in [5.41, 5.74) is 2.00. The molecule has 0 fully saturated rings. The smallest absolute Gasteiger partial charge is 0.237 e. The number of thiophene rings is 1. The predicted octanol–water partition coefficient (Wildman–Crippen LogP) is 0.702. The van der Waals surface area contributed by atoms with Gasteiger partial charge in [0, 0.05) is 10.9 Å². The fourth-order valence-electron chi connectivity index (χ4n) is 2.34. The number of aliphatic carboxylic acids is 1. The summed E-state index contributed by atoms with van der Waals surface area (Å²) in [6.45, 7) is 2.39. The second-order valence-corrected chi connectivity index (χ2v) is 5.68. The number of fused-ring (bicyclic) bond motifs is 1. The summed E-state index contributed by atoms with van der Waals surface area (Å²) in [7, 11) is 0. The van der Waals surface area contributed by atoms with Crippen molar-refractivity contribution in [1.82, 2.24) is 9.97 Å². The van der Waals surface area contributed by atoms with Crippen molar-refractivity contribution in [3.63, 3.8) is 0 Å². The van der Waals surface area contributed by atoms with Gasteiger partial charge in [-0.15, -0.1) is 11.3 Å². The minimum Gasteiger partial charge on any atom is -0.544 e. The van der Waals surface area contributed by atoms with Gasteiger partial charge in [0.05, 0.1) is 12.6 Å². The predicted molar refractivity (Wildman–Crippen MR) is 85.5 cm³/mol. The molecule has 0 aliphatic carbocycles. The summed E-state index contributed by atoms with van der Waals surface area (Å²) in [5, 5.41) is 15.1. The number of ether oxygens (including phenoxy) is 1. The summed E-state index contributed by atoms with van der Waals surface area (Å²) in [6, 6.07) is 7.78. The standard InChI is InChI=1S/C16H15N3O3S/c1-2-22-11-5-3-10(4-6-11)12-8-23-16-14(12)15(18-9-19-16)17-7-13(20)21/h3-6,8-9H,2,7H2,1H3,(H,20,21)(H,17,18,19). The molecule has 0 bridgehead atoms. The molecule has 6 nitrogen and oxygen atoms in total. The number of quaternary nitrogens is 1. The monoisotopic (exact) mass is 329 g/mol. The normalized spacial score (nSPS) is 10.8. The number of carboxylic acids is 1. The van der Waals surface area contributed by atoms with Crippen molar-refractivity contribution in [2.45, 2.75) is 6.92 Å². The fraction of sp³-hybridized carbons (Fsp3) is 0.188. The highest BCUT2D eigenvalue weighted by molar-refractivity contribution is 7.17. The van der Waals surface area contributed by atoms with Crippen LogP contribution in [0.4, 0.5) is 5.82 Å². The Morgan fingerprint density at radius 2 is 2.09 bits per heavy atom. The maximum atomic E-state index is 10.7. The Hall–Kier alpha value is -2.51. The first kappa shape index (κ1) is 15.4. The topological polar surface area (TPSA) is 91.8 Å². The molecule has 0 radical (unpaired) electrons. The minimum atomic E-state index is -1.13. The Kier molecular flexibility index (Phi) is 4.50. The van der Waals surface area contributed by atoms with Crippen LogP contribution in [0, 0.1) is 0 Å². The number of carboxylic acid groups (broad SMARTS) is 1. The highest BCUT2D eigenvalue weighted by atomic mass is 32.1. The van der Waals surface area contributed by atoms with Crippen LogP contribution in [-0.4, -0.2) is 29.1 Å². The SMILES string of the molecule is CCOc1ccc(-c2csc3ncnc([NH2+]CC(=O)[O-])c23)cc1. The number of rotatable bonds is 6. The van der Waals surface area contributed by atoms with E-state index >= 15 is 0 Å². The van der Waals surface area contributed by atoms with Crippen LogP contribution in [0.1, 0.15) is 6.92 Å². The molecule has 0 unspecified atom stereocenters. The molecular formula is C16H15N3O3S. The molecule has 118 valence electrons. The van der Waals surface area contributed by atoms with Crippen molar-refractivity contribution >= 4 is 33.3 Å². The van der Waals surface area contributed by atoms with E-state index in [1.165, 1.54) is 17.7 Å². The van der Waals surface area contributed by atoms with Crippen molar-refractivity contribution in [3.05, 3.63) is 36.0 Å². The first-order valence-electron chi connectivity index (χ1n) is 7.17. The molecule has 0 aliphatic heterocycles. The second-order valence-electron chi connectivity index (χ2n) is 4.83. The zero-order valence-corrected chi connectivity index (χ0v) is 13.3. The Bertz CT molecular complexity index is 830. The van der Waals surface area contributed by atoms with Gasteiger partial charge < -0.3 is 14.6 Å². The highest BCUT2D eigenvalue weighted by Gasteiger charge is 2.15. The van der Waals surface area contributed by atoms with E-state index in [1.54, 1.807) is 5.32 Å². The molecule has 2 aromatic heterocycles. The van der Waals surface area contributed by atoms with Crippen LogP contribution in [-0.2, 0) is 4.79 Å². The fourth-order valence-corrected chi connectivity index (χ4v) is 3.27. The van der Waals surface area contributed by atoms with Gasteiger partial charge in [-0.3, -0.25) is 5.32 Å². The van der Waals surface area contributed by atoms with Gasteiger partial charge in [0.15, 0.2) is 0 Å². The van der Waals surface area contributed by atoms with Crippen molar-refractivity contribution in [1.29, 1.82) is 0 Å². The second kappa shape index (κ2) is 6.72. The van der Waals surface area contributed by atoms with Crippen LogP contribution in [0.25, 0.3) is 21.3 Å². The lowest BCUT2D eigenvalue weighted by molar-refractivity contribution is -0.571. The number of benzene rings is 1. The summed E-state index contributed by atoms with van der Waals surface area (Å²) < 4.78 is 5.45. The van der Waals surface area contributed by atoms with Crippen LogP contribution >= 0.6 is 11.3 Å². The van der Waals surface area contributed by atoms with Crippen molar-refractivity contribution in [2.24, 2.45) is 0 Å². The van der Waals surface area contributed by atoms with Gasteiger partial charge >= 0.3 is 0 Å². The maximum Gasteiger partial charge on any atom is 0.237 e. The van der Waals surface area contributed by atoms with Gasteiger partial charge in [0.1, 0.15) is 28.8 Å². The number of hydrogen-bond acceptors (Lipinski definition) is 6. The molecule has 23 heavy (non-hydrogen) atoms. The third kappa shape index (κ3) is 3.30. The quantitative estimate of drug-likeness (QED) is 0.719. The Balaban J connectivity index is 2.01. The Morgan fingerprint density at radius 3 is 2.78 bits per heavy atom. The Labute approximate surface area is 136 Å². The third-order valence-electron chi connectivity index (χ3n) is 3.34. The maximum absolute atomic E-state index is 10.7. The molecule has 3 aromatic rings. The number of hydrogen-bond donors (Lipinski definition) is 1. The number of aromatic nitrogens is 2. The van der Waals surface area contributed by atoms with Gasteiger partial charge in [-0.1, -0.05) is 12.1 Å². The molecule has 0 saturated carbocycles. The lowest BCUT2D eigenvalue weighted by Gasteiger charge is -2.06. The van der Waals surface area contributed by atoms with Crippen LogP contribution in [0.15, 0.2) is 36.0 Å². The lowest BCUT2D eigenvalue weighted by atomic mass is 10.1. The van der Waals surface area contributed by atoms with E-state index in [0.29, 0.717) is 12.4 Å². The molecule has 0 aliphatic rings. The molecule has 3 rings (SSSR count). The zero-order chi connectivity index (χ0) is 16.2. The zero-order valence-electron chi connectivity index (χ0n) is 12.5. The van der Waals surface area contributed by atoms with E-state index in [4.69, 9.17) is 4.74 Å². The third-order valence-corrected chi connectivity index (χ3v) is 4.22. The van der Waals surface area contributed by atoms with Crippen molar-refractivity contribution < 1.29 is 20.0 Å². The molecule has 2 heterocycles. The lowest BCUT2D eigenvalue weighted by Crippen LogP contribution is -2.81. The summed E-state index contributed by atoms with van der Waals surface area (Å²) in [6.07, 6.45) is 1.45. The largest absolute Gasteiger partial charge is 0.544 e. The molecule has 0 atom stereocenters. The molecule has 0 amide bonds. The first-order valence-corrected chi connectivity index (χ1v) is 8.05. The van der Waals surface area contributed by atoms with E-state index in [2.05, 4.69) is 9.97 Å². The molecule has 0 spiro atoms. The van der Waals surface area contributed by atoms with Gasteiger partial charge in [-0.2, -0.15) is 4.98 Å². The summed E-state index contributed by atoms with van der Waals surface area (Å²) >= 11 is 1.51. The van der Waals surface area contributed by atoms with Crippen molar-refractivity contribution in [3.8, 4) is 16.9 Å². The van der Waals surface area contributed by atoms with Crippen LogP contribution in [0.5, 0.6) is 5.75 Å².